The average molecular weight is 307 g/mol. The van der Waals surface area contributed by atoms with Crippen LogP contribution in [0.1, 0.15) is 41.4 Å². The summed E-state index contributed by atoms with van der Waals surface area (Å²) in [4.78, 5) is 12.0. The molecular weight excluding hydrogens is 289 g/mol. The van der Waals surface area contributed by atoms with E-state index in [0.717, 1.165) is 10.4 Å². The molecule has 0 saturated carbocycles. The maximum absolute atomic E-state index is 13.6. The number of benzene rings is 1. The molecule has 0 bridgehead atoms. The quantitative estimate of drug-likeness (QED) is 0.846. The molecule has 0 aliphatic carbocycles. The molecule has 0 radical (unpaired) electrons. The lowest BCUT2D eigenvalue weighted by atomic mass is 10.0. The van der Waals surface area contributed by atoms with Gasteiger partial charge >= 0.3 is 5.97 Å². The zero-order chi connectivity index (χ0) is 15.4. The van der Waals surface area contributed by atoms with E-state index in [1.54, 1.807) is 13.0 Å². The van der Waals surface area contributed by atoms with Gasteiger partial charge in [0, 0.05) is 10.9 Å². The molecule has 1 aromatic heterocycles. The summed E-state index contributed by atoms with van der Waals surface area (Å²) in [6.45, 7) is 3.63. The molecule has 2 unspecified atom stereocenters. The van der Waals surface area contributed by atoms with Gasteiger partial charge in [0.15, 0.2) is 0 Å². The molecule has 0 spiro atoms. The lowest BCUT2D eigenvalue weighted by Gasteiger charge is -2.22. The van der Waals surface area contributed by atoms with Gasteiger partial charge in [-0.1, -0.05) is 18.2 Å². The van der Waals surface area contributed by atoms with Crippen LogP contribution in [0.3, 0.4) is 0 Å². The first-order chi connectivity index (χ1) is 9.97. The van der Waals surface area contributed by atoms with Crippen LogP contribution in [0.25, 0.3) is 0 Å². The second-order valence-electron chi connectivity index (χ2n) is 5.06. The van der Waals surface area contributed by atoms with Crippen molar-refractivity contribution in [3.05, 3.63) is 57.5 Å². The summed E-state index contributed by atoms with van der Waals surface area (Å²) >= 11 is 1.52. The van der Waals surface area contributed by atoms with Crippen LogP contribution in [0.5, 0.6) is 0 Å². The Hall–Kier alpha value is -1.72. The van der Waals surface area contributed by atoms with Gasteiger partial charge in [0.1, 0.15) is 5.82 Å². The van der Waals surface area contributed by atoms with Crippen molar-refractivity contribution in [1.29, 1.82) is 0 Å². The largest absolute Gasteiger partial charge is 0.481 e. The fourth-order valence-corrected chi connectivity index (χ4v) is 2.97. The first-order valence-electron chi connectivity index (χ1n) is 6.74. The fourth-order valence-electron chi connectivity index (χ4n) is 2.18. The van der Waals surface area contributed by atoms with Crippen LogP contribution in [0.15, 0.2) is 35.7 Å². The van der Waals surface area contributed by atoms with Crippen molar-refractivity contribution in [2.75, 3.05) is 0 Å². The highest BCUT2D eigenvalue weighted by Crippen LogP contribution is 2.26. The predicted octanol–water partition coefficient (Wildman–Crippen LogP) is 4.06. The van der Waals surface area contributed by atoms with E-state index in [1.165, 1.54) is 17.4 Å². The minimum absolute atomic E-state index is 0.000797. The number of aryl methyl sites for hydroxylation is 1. The van der Waals surface area contributed by atoms with Crippen LogP contribution in [-0.4, -0.2) is 11.1 Å². The van der Waals surface area contributed by atoms with Crippen molar-refractivity contribution in [1.82, 2.24) is 5.32 Å². The average Bonchev–Trinajstić information content (AvgIpc) is 2.94. The number of hydrogen-bond donors (Lipinski definition) is 2. The number of halogens is 1. The van der Waals surface area contributed by atoms with E-state index >= 15 is 0 Å². The van der Waals surface area contributed by atoms with Crippen molar-refractivity contribution in [2.45, 2.75) is 32.4 Å². The number of hydrogen-bond acceptors (Lipinski definition) is 3. The van der Waals surface area contributed by atoms with Gasteiger partial charge < -0.3 is 10.4 Å². The van der Waals surface area contributed by atoms with Gasteiger partial charge in [-0.3, -0.25) is 4.79 Å². The first kappa shape index (κ1) is 15.7. The van der Waals surface area contributed by atoms with Crippen LogP contribution >= 0.6 is 11.3 Å². The molecule has 2 N–H and O–H groups in total. The van der Waals surface area contributed by atoms with E-state index in [4.69, 9.17) is 5.11 Å². The minimum atomic E-state index is -0.858. The normalized spacial score (nSPS) is 13.9. The Morgan fingerprint density at radius 2 is 2.19 bits per heavy atom. The minimum Gasteiger partial charge on any atom is -0.481 e. The van der Waals surface area contributed by atoms with E-state index in [0.29, 0.717) is 5.56 Å². The van der Waals surface area contributed by atoms with Crippen LogP contribution in [0.2, 0.25) is 0 Å². The number of carboxylic acids is 1. The molecule has 1 aromatic carbocycles. The van der Waals surface area contributed by atoms with Crippen LogP contribution < -0.4 is 5.32 Å². The van der Waals surface area contributed by atoms with E-state index in [9.17, 15) is 9.18 Å². The van der Waals surface area contributed by atoms with Crippen LogP contribution in [0.4, 0.5) is 4.39 Å². The van der Waals surface area contributed by atoms with Crippen molar-refractivity contribution in [3.8, 4) is 0 Å². The lowest BCUT2D eigenvalue weighted by molar-refractivity contribution is -0.137. The molecule has 112 valence electrons. The predicted molar refractivity (Wildman–Crippen MR) is 82.0 cm³/mol. The van der Waals surface area contributed by atoms with E-state index in [2.05, 4.69) is 5.32 Å². The Kier molecular flexibility index (Phi) is 5.09. The summed E-state index contributed by atoms with van der Waals surface area (Å²) < 4.78 is 13.6. The number of carboxylic acid groups (broad SMARTS) is 1. The Morgan fingerprint density at radius 3 is 2.76 bits per heavy atom. The fraction of sp³-hybridized carbons (Fsp3) is 0.312. The molecular formula is C16H18FNO2S. The second-order valence-corrected chi connectivity index (χ2v) is 6.04. The number of carbonyl (C=O) groups is 1. The summed E-state index contributed by atoms with van der Waals surface area (Å²) in [5, 5.41) is 14.2. The van der Waals surface area contributed by atoms with Gasteiger partial charge in [0.25, 0.3) is 0 Å². The summed E-state index contributed by atoms with van der Waals surface area (Å²) in [6, 6.07) is 8.50. The van der Waals surface area contributed by atoms with E-state index in [1.807, 2.05) is 30.5 Å². The van der Waals surface area contributed by atoms with Crippen LogP contribution in [0, 0.1) is 12.7 Å². The highest BCUT2D eigenvalue weighted by Gasteiger charge is 2.19. The number of nitrogens with one attached hydrogen (secondary N) is 1. The Balaban J connectivity index is 2.15. The zero-order valence-electron chi connectivity index (χ0n) is 12.0. The van der Waals surface area contributed by atoms with Crippen molar-refractivity contribution in [3.63, 3.8) is 0 Å². The van der Waals surface area contributed by atoms with Crippen molar-refractivity contribution >= 4 is 17.3 Å². The third kappa shape index (κ3) is 4.12. The summed E-state index contributed by atoms with van der Waals surface area (Å²) in [5.74, 6) is -1.10. The maximum atomic E-state index is 13.6. The number of rotatable bonds is 6. The summed E-state index contributed by atoms with van der Waals surface area (Å²) in [6.07, 6.45) is -0.000797. The molecule has 21 heavy (non-hydrogen) atoms. The Labute approximate surface area is 127 Å². The zero-order valence-corrected chi connectivity index (χ0v) is 12.8. The molecule has 0 aliphatic rings. The molecule has 0 amide bonds. The highest BCUT2D eigenvalue weighted by molar-refractivity contribution is 7.10. The topological polar surface area (TPSA) is 49.3 Å². The smallest absolute Gasteiger partial charge is 0.305 e. The van der Waals surface area contributed by atoms with Gasteiger partial charge in [-0.2, -0.15) is 0 Å². The Morgan fingerprint density at radius 1 is 1.43 bits per heavy atom. The molecule has 0 aliphatic heterocycles. The summed E-state index contributed by atoms with van der Waals surface area (Å²) in [5.41, 5.74) is 1.41. The second kappa shape index (κ2) is 6.83. The monoisotopic (exact) mass is 307 g/mol. The maximum Gasteiger partial charge on any atom is 0.305 e. The molecule has 3 nitrogen and oxygen atoms in total. The van der Waals surface area contributed by atoms with E-state index in [-0.39, 0.29) is 24.3 Å². The van der Waals surface area contributed by atoms with Gasteiger partial charge in [0.2, 0.25) is 0 Å². The van der Waals surface area contributed by atoms with Gasteiger partial charge in [-0.25, -0.2) is 4.39 Å². The Bertz CT molecular complexity index is 613. The van der Waals surface area contributed by atoms with Gasteiger partial charge in [0.05, 0.1) is 12.5 Å². The summed E-state index contributed by atoms with van der Waals surface area (Å²) in [7, 11) is 0. The molecule has 2 rings (SSSR count). The number of thiophene rings is 1. The lowest BCUT2D eigenvalue weighted by Crippen LogP contribution is -2.26. The van der Waals surface area contributed by atoms with Crippen LogP contribution in [-0.2, 0) is 4.79 Å². The van der Waals surface area contributed by atoms with E-state index < -0.39 is 5.97 Å². The third-order valence-corrected chi connectivity index (χ3v) is 4.40. The molecule has 2 atom stereocenters. The first-order valence-corrected chi connectivity index (χ1v) is 7.62. The molecule has 2 aromatic rings. The SMILES string of the molecule is Cc1ccc(C(C)NC(CC(=O)O)c2cccs2)cc1F. The van der Waals surface area contributed by atoms with Crippen molar-refractivity contribution in [2.24, 2.45) is 0 Å². The molecule has 0 saturated heterocycles. The van der Waals surface area contributed by atoms with Gasteiger partial charge in [-0.15, -0.1) is 11.3 Å². The molecule has 5 heteroatoms. The number of aliphatic carboxylic acids is 1. The van der Waals surface area contributed by atoms with Crippen molar-refractivity contribution < 1.29 is 14.3 Å². The third-order valence-electron chi connectivity index (χ3n) is 3.41. The van der Waals surface area contributed by atoms with Gasteiger partial charge in [-0.05, 0) is 42.5 Å². The molecule has 1 heterocycles. The standard InChI is InChI=1S/C16H18FNO2S/c1-10-5-6-12(8-13(10)17)11(2)18-14(9-16(19)20)15-4-3-7-21-15/h3-8,11,14,18H,9H2,1-2H3,(H,19,20). The highest BCUT2D eigenvalue weighted by atomic mass is 32.1. The molecule has 0 fully saturated rings.